The number of halogens is 2. The van der Waals surface area contributed by atoms with Gasteiger partial charge in [-0.2, -0.15) is 0 Å². The van der Waals surface area contributed by atoms with Crippen LogP contribution < -0.4 is 5.32 Å². The van der Waals surface area contributed by atoms with E-state index in [0.29, 0.717) is 28.8 Å². The molecule has 0 spiro atoms. The Morgan fingerprint density at radius 2 is 1.79 bits per heavy atom. The van der Waals surface area contributed by atoms with Gasteiger partial charge in [-0.25, -0.2) is 4.39 Å². The maximum Gasteiger partial charge on any atom is 0.190 e. The van der Waals surface area contributed by atoms with Crippen LogP contribution in [0.5, 0.6) is 0 Å². The number of ketones is 1. The van der Waals surface area contributed by atoms with Crippen LogP contribution in [-0.4, -0.2) is 16.9 Å². The number of carbonyl (C=O) groups is 1. The zero-order valence-corrected chi connectivity index (χ0v) is 13.4. The minimum Gasteiger partial charge on any atom is -0.382 e. The van der Waals surface area contributed by atoms with Crippen LogP contribution in [0.25, 0.3) is 5.69 Å². The SMILES string of the molecule is O=C1c2c(cc(Cl)n2-c2ccc(F)cc2)NCC1c1ccccc1. The summed E-state index contributed by atoms with van der Waals surface area (Å²) >= 11 is 6.35. The van der Waals surface area contributed by atoms with Crippen molar-refractivity contribution >= 4 is 23.1 Å². The summed E-state index contributed by atoms with van der Waals surface area (Å²) in [4.78, 5) is 13.1. The highest BCUT2D eigenvalue weighted by Gasteiger charge is 2.33. The lowest BCUT2D eigenvalue weighted by Crippen LogP contribution is -2.29. The number of hydrogen-bond donors (Lipinski definition) is 1. The van der Waals surface area contributed by atoms with Crippen molar-refractivity contribution in [3.8, 4) is 5.69 Å². The summed E-state index contributed by atoms with van der Waals surface area (Å²) in [6.07, 6.45) is 0. The van der Waals surface area contributed by atoms with Gasteiger partial charge in [0.15, 0.2) is 5.78 Å². The lowest BCUT2D eigenvalue weighted by atomic mass is 9.90. The molecule has 120 valence electrons. The topological polar surface area (TPSA) is 34.0 Å². The summed E-state index contributed by atoms with van der Waals surface area (Å²) in [5.74, 6) is -0.599. The average Bonchev–Trinajstić information content (AvgIpc) is 2.94. The third-order valence-corrected chi connectivity index (χ3v) is 4.57. The lowest BCUT2D eigenvalue weighted by Gasteiger charge is -2.24. The smallest absolute Gasteiger partial charge is 0.190 e. The highest BCUT2D eigenvalue weighted by molar-refractivity contribution is 6.31. The second kappa shape index (κ2) is 5.80. The van der Waals surface area contributed by atoms with Crippen molar-refractivity contribution in [1.82, 2.24) is 4.57 Å². The molecule has 1 atom stereocenters. The first kappa shape index (κ1) is 15.0. The van der Waals surface area contributed by atoms with Crippen molar-refractivity contribution in [3.63, 3.8) is 0 Å². The molecule has 0 saturated carbocycles. The molecule has 3 aromatic rings. The van der Waals surface area contributed by atoms with Crippen LogP contribution in [0.2, 0.25) is 5.15 Å². The molecule has 0 fully saturated rings. The number of fused-ring (bicyclic) bond motifs is 1. The number of hydrogen-bond acceptors (Lipinski definition) is 2. The summed E-state index contributed by atoms with van der Waals surface area (Å²) in [5.41, 5.74) is 2.84. The summed E-state index contributed by atoms with van der Waals surface area (Å²) in [5, 5.41) is 3.70. The van der Waals surface area contributed by atoms with Gasteiger partial charge in [0.25, 0.3) is 0 Å². The zero-order chi connectivity index (χ0) is 16.7. The van der Waals surface area contributed by atoms with Crippen LogP contribution in [0, 0.1) is 5.82 Å². The van der Waals surface area contributed by atoms with Crippen LogP contribution in [-0.2, 0) is 0 Å². The molecular formula is C19H14ClFN2O. The predicted octanol–water partition coefficient (Wildman–Crippen LogP) is 4.66. The molecule has 1 aromatic heterocycles. The Kier molecular flexibility index (Phi) is 3.62. The molecule has 1 aliphatic rings. The van der Waals surface area contributed by atoms with E-state index < -0.39 is 0 Å². The summed E-state index contributed by atoms with van der Waals surface area (Å²) in [6.45, 7) is 0.527. The molecule has 1 aliphatic heterocycles. The van der Waals surface area contributed by atoms with Gasteiger partial charge in [0.05, 0.1) is 11.6 Å². The van der Waals surface area contributed by atoms with Crippen molar-refractivity contribution in [2.24, 2.45) is 0 Å². The highest BCUT2D eigenvalue weighted by atomic mass is 35.5. The van der Waals surface area contributed by atoms with Crippen molar-refractivity contribution < 1.29 is 9.18 Å². The molecule has 24 heavy (non-hydrogen) atoms. The number of anilines is 1. The summed E-state index contributed by atoms with van der Waals surface area (Å²) < 4.78 is 14.9. The Morgan fingerprint density at radius 3 is 2.50 bits per heavy atom. The average molecular weight is 341 g/mol. The molecule has 1 N–H and O–H groups in total. The number of carbonyl (C=O) groups excluding carboxylic acids is 1. The minimum atomic E-state index is -0.331. The van der Waals surface area contributed by atoms with Crippen molar-refractivity contribution in [1.29, 1.82) is 0 Å². The van der Waals surface area contributed by atoms with E-state index in [4.69, 9.17) is 11.6 Å². The van der Waals surface area contributed by atoms with Gasteiger partial charge in [-0.15, -0.1) is 0 Å². The van der Waals surface area contributed by atoms with Crippen LogP contribution in [0.4, 0.5) is 10.1 Å². The van der Waals surface area contributed by atoms with Crippen molar-refractivity contribution in [2.75, 3.05) is 11.9 Å². The fraction of sp³-hybridized carbons (Fsp3) is 0.105. The summed E-state index contributed by atoms with van der Waals surface area (Å²) in [7, 11) is 0. The molecule has 2 aromatic carbocycles. The number of rotatable bonds is 2. The second-order valence-electron chi connectivity index (χ2n) is 5.75. The van der Waals surface area contributed by atoms with Crippen LogP contribution in [0.15, 0.2) is 60.7 Å². The first-order valence-corrected chi connectivity index (χ1v) is 8.03. The predicted molar refractivity (Wildman–Crippen MR) is 92.7 cm³/mol. The lowest BCUT2D eigenvalue weighted by molar-refractivity contribution is 0.0953. The molecule has 3 nitrogen and oxygen atoms in total. The second-order valence-corrected chi connectivity index (χ2v) is 6.14. The molecule has 1 unspecified atom stereocenters. The van der Waals surface area contributed by atoms with Gasteiger partial charge in [-0.05, 0) is 35.9 Å². The molecule has 5 heteroatoms. The monoisotopic (exact) mass is 340 g/mol. The molecule has 0 bridgehead atoms. The van der Waals surface area contributed by atoms with E-state index in [1.807, 2.05) is 30.3 Å². The molecule has 0 radical (unpaired) electrons. The number of nitrogens with zero attached hydrogens (tertiary/aromatic N) is 1. The van der Waals surface area contributed by atoms with E-state index in [9.17, 15) is 9.18 Å². The summed E-state index contributed by atoms with van der Waals surface area (Å²) in [6, 6.07) is 17.3. The number of nitrogens with one attached hydrogen (secondary N) is 1. The number of benzene rings is 2. The standard InChI is InChI=1S/C19H14ClFN2O/c20-17-10-16-18(23(17)14-8-6-13(21)7-9-14)19(24)15(11-22-16)12-4-2-1-3-5-12/h1-10,15,22H,11H2. The molecule has 0 amide bonds. The zero-order valence-electron chi connectivity index (χ0n) is 12.7. The fourth-order valence-corrected chi connectivity index (χ4v) is 3.42. The minimum absolute atomic E-state index is 0.00572. The third kappa shape index (κ3) is 2.39. The van der Waals surface area contributed by atoms with E-state index in [2.05, 4.69) is 5.32 Å². The number of aromatic nitrogens is 1. The van der Waals surface area contributed by atoms with Crippen LogP contribution >= 0.6 is 11.6 Å². The quantitative estimate of drug-likeness (QED) is 0.736. The Hall–Kier alpha value is -2.59. The Bertz CT molecular complexity index is 903. The van der Waals surface area contributed by atoms with Gasteiger partial charge in [-0.1, -0.05) is 41.9 Å². The maximum absolute atomic E-state index is 13.2. The van der Waals surface area contributed by atoms with E-state index in [0.717, 1.165) is 5.56 Å². The van der Waals surface area contributed by atoms with Crippen LogP contribution in [0.3, 0.4) is 0 Å². The maximum atomic E-state index is 13.2. The third-order valence-electron chi connectivity index (χ3n) is 4.29. The Balaban J connectivity index is 1.82. The fourth-order valence-electron chi connectivity index (χ4n) is 3.12. The van der Waals surface area contributed by atoms with Gasteiger partial charge in [-0.3, -0.25) is 9.36 Å². The first-order chi connectivity index (χ1) is 11.6. The number of Topliss-reactive ketones (excluding diaryl/α,β-unsaturated/α-hetero) is 1. The molecule has 0 saturated heterocycles. The first-order valence-electron chi connectivity index (χ1n) is 7.65. The molecule has 4 rings (SSSR count). The van der Waals surface area contributed by atoms with Crippen LogP contribution in [0.1, 0.15) is 22.0 Å². The van der Waals surface area contributed by atoms with Gasteiger partial charge in [0, 0.05) is 12.2 Å². The largest absolute Gasteiger partial charge is 0.382 e. The Labute approximate surface area is 143 Å². The highest BCUT2D eigenvalue weighted by Crippen LogP contribution is 2.36. The normalized spacial score (nSPS) is 16.6. The van der Waals surface area contributed by atoms with E-state index in [-0.39, 0.29) is 17.5 Å². The van der Waals surface area contributed by atoms with Gasteiger partial charge < -0.3 is 5.32 Å². The van der Waals surface area contributed by atoms with Gasteiger partial charge >= 0.3 is 0 Å². The van der Waals surface area contributed by atoms with Gasteiger partial charge in [0.2, 0.25) is 0 Å². The Morgan fingerprint density at radius 1 is 1.08 bits per heavy atom. The van der Waals surface area contributed by atoms with E-state index in [1.54, 1.807) is 22.8 Å². The van der Waals surface area contributed by atoms with Crippen molar-refractivity contribution in [2.45, 2.75) is 5.92 Å². The molecule has 0 aliphatic carbocycles. The molecular weight excluding hydrogens is 327 g/mol. The van der Waals surface area contributed by atoms with E-state index in [1.165, 1.54) is 12.1 Å². The van der Waals surface area contributed by atoms with Gasteiger partial charge in [0.1, 0.15) is 16.7 Å². The van der Waals surface area contributed by atoms with E-state index >= 15 is 0 Å². The van der Waals surface area contributed by atoms with Crippen molar-refractivity contribution in [3.05, 3.63) is 82.9 Å². The molecule has 2 heterocycles.